The van der Waals surface area contributed by atoms with Crippen molar-refractivity contribution in [2.45, 2.75) is 18.9 Å². The van der Waals surface area contributed by atoms with Crippen molar-refractivity contribution in [1.29, 1.82) is 0 Å². The summed E-state index contributed by atoms with van der Waals surface area (Å²) in [5, 5.41) is 9.09. The Bertz CT molecular complexity index is 691. The van der Waals surface area contributed by atoms with Crippen LogP contribution in [0.4, 0.5) is 0 Å². The summed E-state index contributed by atoms with van der Waals surface area (Å²) in [5.74, 6) is 0.374. The van der Waals surface area contributed by atoms with Crippen molar-refractivity contribution in [3.63, 3.8) is 0 Å². The van der Waals surface area contributed by atoms with Crippen LogP contribution in [0.25, 0.3) is 0 Å². The highest BCUT2D eigenvalue weighted by Gasteiger charge is 2.24. The topological polar surface area (TPSA) is 64.5 Å². The summed E-state index contributed by atoms with van der Waals surface area (Å²) < 4.78 is 11.2. The maximum Gasteiger partial charge on any atom is 0.294 e. The summed E-state index contributed by atoms with van der Waals surface area (Å²) in [6.45, 7) is 1.20. The van der Waals surface area contributed by atoms with Crippen LogP contribution >= 0.6 is 34.5 Å². The fraction of sp³-hybridized carbons (Fsp3) is 0.400. The van der Waals surface area contributed by atoms with Gasteiger partial charge in [0.25, 0.3) is 11.1 Å². The van der Waals surface area contributed by atoms with Crippen molar-refractivity contribution >= 4 is 40.4 Å². The average molecular weight is 388 g/mol. The Morgan fingerprint density at radius 2 is 2.12 bits per heavy atom. The molecule has 3 rings (SSSR count). The molecule has 0 atom stereocenters. The lowest BCUT2D eigenvalue weighted by Gasteiger charge is -2.31. The SMILES string of the molecule is O=C(COc1ccc(Cl)cc1Cl)N1CCC(Oc2nncs2)CC1. The lowest BCUT2D eigenvalue weighted by molar-refractivity contribution is -0.135. The lowest BCUT2D eigenvalue weighted by atomic mass is 10.1. The van der Waals surface area contributed by atoms with Crippen LogP contribution in [0, 0.1) is 0 Å². The van der Waals surface area contributed by atoms with E-state index < -0.39 is 0 Å². The van der Waals surface area contributed by atoms with E-state index in [-0.39, 0.29) is 18.6 Å². The van der Waals surface area contributed by atoms with Gasteiger partial charge in [0.15, 0.2) is 6.61 Å². The van der Waals surface area contributed by atoms with E-state index in [1.165, 1.54) is 11.3 Å². The third kappa shape index (κ3) is 4.49. The minimum absolute atomic E-state index is 0.0523. The molecule has 24 heavy (non-hydrogen) atoms. The molecule has 1 saturated heterocycles. The number of aromatic nitrogens is 2. The zero-order valence-corrected chi connectivity index (χ0v) is 15.0. The molecule has 1 aliphatic heterocycles. The molecule has 6 nitrogen and oxygen atoms in total. The molecule has 9 heteroatoms. The van der Waals surface area contributed by atoms with E-state index in [9.17, 15) is 4.79 Å². The molecule has 1 aliphatic rings. The predicted octanol–water partition coefficient (Wildman–Crippen LogP) is 3.29. The molecule has 2 heterocycles. The van der Waals surface area contributed by atoms with Gasteiger partial charge in [-0.15, -0.1) is 10.2 Å². The Balaban J connectivity index is 1.45. The zero-order valence-electron chi connectivity index (χ0n) is 12.7. The highest BCUT2D eigenvalue weighted by Crippen LogP contribution is 2.27. The molecule has 0 saturated carbocycles. The molecule has 0 radical (unpaired) electrons. The fourth-order valence-electron chi connectivity index (χ4n) is 2.40. The molecular formula is C15H15Cl2N3O3S. The summed E-state index contributed by atoms with van der Waals surface area (Å²) in [4.78, 5) is 14.0. The Kier molecular flexibility index (Phi) is 5.76. The van der Waals surface area contributed by atoms with Crippen LogP contribution in [0.15, 0.2) is 23.7 Å². The van der Waals surface area contributed by atoms with Crippen molar-refractivity contribution in [3.05, 3.63) is 33.8 Å². The fourth-order valence-corrected chi connectivity index (χ4v) is 3.34. The summed E-state index contributed by atoms with van der Waals surface area (Å²) in [5.41, 5.74) is 1.63. The van der Waals surface area contributed by atoms with Gasteiger partial charge in [0.2, 0.25) is 0 Å². The maximum atomic E-state index is 12.2. The van der Waals surface area contributed by atoms with E-state index in [1.54, 1.807) is 28.6 Å². The Labute approximate surface area is 153 Å². The number of carbonyl (C=O) groups is 1. The van der Waals surface area contributed by atoms with Crippen LogP contribution in [0.1, 0.15) is 12.8 Å². The highest BCUT2D eigenvalue weighted by molar-refractivity contribution is 7.11. The minimum atomic E-state index is -0.0737. The molecule has 2 aromatic rings. The van der Waals surface area contributed by atoms with Crippen LogP contribution in [-0.4, -0.2) is 46.8 Å². The average Bonchev–Trinajstić information content (AvgIpc) is 3.07. The first-order valence-electron chi connectivity index (χ1n) is 7.40. The van der Waals surface area contributed by atoms with Crippen molar-refractivity contribution < 1.29 is 14.3 Å². The minimum Gasteiger partial charge on any atom is -0.482 e. The monoisotopic (exact) mass is 387 g/mol. The van der Waals surface area contributed by atoms with Gasteiger partial charge in [0, 0.05) is 31.0 Å². The molecular weight excluding hydrogens is 373 g/mol. The van der Waals surface area contributed by atoms with Crippen molar-refractivity contribution in [1.82, 2.24) is 15.1 Å². The maximum absolute atomic E-state index is 12.2. The summed E-state index contributed by atoms with van der Waals surface area (Å²) >= 11 is 13.2. The molecule has 0 bridgehead atoms. The molecule has 128 valence electrons. The van der Waals surface area contributed by atoms with Crippen molar-refractivity contribution in [2.24, 2.45) is 0 Å². The first kappa shape index (κ1) is 17.3. The number of carbonyl (C=O) groups excluding carboxylic acids is 1. The molecule has 0 spiro atoms. The number of amides is 1. The molecule has 1 amide bonds. The largest absolute Gasteiger partial charge is 0.482 e. The zero-order chi connectivity index (χ0) is 16.9. The number of piperidine rings is 1. The second kappa shape index (κ2) is 8.00. The summed E-state index contributed by atoms with van der Waals surface area (Å²) in [7, 11) is 0. The molecule has 0 unspecified atom stereocenters. The van der Waals surface area contributed by atoms with E-state index in [0.29, 0.717) is 34.1 Å². The summed E-state index contributed by atoms with van der Waals surface area (Å²) in [6, 6.07) is 4.91. The van der Waals surface area contributed by atoms with Crippen LogP contribution in [-0.2, 0) is 4.79 Å². The number of hydrogen-bond donors (Lipinski definition) is 0. The molecule has 1 aromatic heterocycles. The van der Waals surface area contributed by atoms with Gasteiger partial charge < -0.3 is 14.4 Å². The first-order chi connectivity index (χ1) is 11.6. The standard InChI is InChI=1S/C15H15Cl2N3O3S/c16-10-1-2-13(12(17)7-10)22-8-14(21)20-5-3-11(4-6-20)23-15-19-18-9-24-15/h1-2,7,9,11H,3-6,8H2. The molecule has 0 aliphatic carbocycles. The number of halogens is 2. The quantitative estimate of drug-likeness (QED) is 0.787. The van der Waals surface area contributed by atoms with Crippen LogP contribution in [0.2, 0.25) is 10.0 Å². The van der Waals surface area contributed by atoms with E-state index in [2.05, 4.69) is 10.2 Å². The normalized spacial score (nSPS) is 15.3. The number of benzene rings is 1. The van der Waals surface area contributed by atoms with Gasteiger partial charge >= 0.3 is 0 Å². The van der Waals surface area contributed by atoms with Gasteiger partial charge in [0.05, 0.1) is 5.02 Å². The third-order valence-electron chi connectivity index (χ3n) is 3.65. The van der Waals surface area contributed by atoms with Gasteiger partial charge in [0.1, 0.15) is 17.4 Å². The van der Waals surface area contributed by atoms with Gasteiger partial charge in [-0.05, 0) is 18.2 Å². The van der Waals surface area contributed by atoms with Crippen molar-refractivity contribution in [2.75, 3.05) is 19.7 Å². The lowest BCUT2D eigenvalue weighted by Crippen LogP contribution is -2.43. The predicted molar refractivity (Wildman–Crippen MR) is 92.1 cm³/mol. The highest BCUT2D eigenvalue weighted by atomic mass is 35.5. The Morgan fingerprint density at radius 1 is 1.33 bits per heavy atom. The number of likely N-dealkylation sites (tertiary alicyclic amines) is 1. The Morgan fingerprint density at radius 3 is 2.79 bits per heavy atom. The van der Waals surface area contributed by atoms with E-state index in [4.69, 9.17) is 32.7 Å². The smallest absolute Gasteiger partial charge is 0.294 e. The number of ether oxygens (including phenoxy) is 2. The van der Waals surface area contributed by atoms with Gasteiger partial charge in [-0.3, -0.25) is 4.79 Å². The van der Waals surface area contributed by atoms with Crippen LogP contribution in [0.3, 0.4) is 0 Å². The molecule has 1 aromatic carbocycles. The Hall–Kier alpha value is -1.57. The number of nitrogens with zero attached hydrogens (tertiary/aromatic N) is 3. The van der Waals surface area contributed by atoms with Crippen molar-refractivity contribution in [3.8, 4) is 10.9 Å². The van der Waals surface area contributed by atoms with E-state index in [0.717, 1.165) is 12.8 Å². The molecule has 0 N–H and O–H groups in total. The third-order valence-corrected chi connectivity index (χ3v) is 4.76. The first-order valence-corrected chi connectivity index (χ1v) is 9.04. The van der Waals surface area contributed by atoms with Gasteiger partial charge in [-0.25, -0.2) is 0 Å². The molecule has 1 fully saturated rings. The van der Waals surface area contributed by atoms with E-state index >= 15 is 0 Å². The second-order valence-corrected chi connectivity index (χ2v) is 6.91. The van der Waals surface area contributed by atoms with Crippen LogP contribution in [0.5, 0.6) is 10.9 Å². The number of rotatable bonds is 5. The number of hydrogen-bond acceptors (Lipinski definition) is 6. The van der Waals surface area contributed by atoms with E-state index in [1.807, 2.05) is 0 Å². The second-order valence-electron chi connectivity index (χ2n) is 5.27. The van der Waals surface area contributed by atoms with Gasteiger partial charge in [-0.1, -0.05) is 34.5 Å². The summed E-state index contributed by atoms with van der Waals surface area (Å²) in [6.07, 6.45) is 1.58. The van der Waals surface area contributed by atoms with Gasteiger partial charge in [-0.2, -0.15) is 0 Å². The van der Waals surface area contributed by atoms with Crippen LogP contribution < -0.4 is 9.47 Å².